The first-order chi connectivity index (χ1) is 14.7. The summed E-state index contributed by atoms with van der Waals surface area (Å²) in [6.07, 6.45) is 0. The molecule has 0 saturated heterocycles. The van der Waals surface area contributed by atoms with Gasteiger partial charge in [0.15, 0.2) is 6.61 Å². The molecule has 1 N–H and O–H groups in total. The third kappa shape index (κ3) is 4.14. The lowest BCUT2D eigenvalue weighted by Gasteiger charge is -2.13. The number of ether oxygens (including phenoxy) is 1. The lowest BCUT2D eigenvalue weighted by Crippen LogP contribution is -2.20. The van der Waals surface area contributed by atoms with E-state index in [1.807, 2.05) is 39.8 Å². The number of hydrogen-bond donors (Lipinski definition) is 1. The van der Waals surface area contributed by atoms with Gasteiger partial charge in [0.25, 0.3) is 5.91 Å². The second kappa shape index (κ2) is 8.08. The Kier molecular flexibility index (Phi) is 5.46. The molecule has 0 spiro atoms. The van der Waals surface area contributed by atoms with Crippen molar-refractivity contribution in [1.82, 2.24) is 0 Å². The smallest absolute Gasteiger partial charge is 0.262 e. The Morgan fingerprint density at radius 1 is 0.935 bits per heavy atom. The number of benzene rings is 3. The molecule has 158 valence electrons. The largest absolute Gasteiger partial charge is 0.483 e. The summed E-state index contributed by atoms with van der Waals surface area (Å²) in [6.45, 7) is 7.66. The van der Waals surface area contributed by atoms with Gasteiger partial charge in [-0.05, 0) is 68.7 Å². The van der Waals surface area contributed by atoms with E-state index < -0.39 is 0 Å². The molecule has 4 rings (SSSR count). The van der Waals surface area contributed by atoms with E-state index in [1.54, 1.807) is 30.3 Å². The van der Waals surface area contributed by atoms with Crippen LogP contribution in [0.15, 0.2) is 51.7 Å². The summed E-state index contributed by atoms with van der Waals surface area (Å²) >= 11 is 6.15. The standard InChI is InChI=1S/C25H22ClNO4/c1-13-7-15(3)25(16(4)8-13)30-12-23(28)27-17-5-6-18-22(10-17)31-21-9-14(2)20(26)11-19(21)24(18)29/h5-11H,12H2,1-4H3,(H,27,28). The van der Waals surface area contributed by atoms with Crippen molar-refractivity contribution < 1.29 is 13.9 Å². The molecule has 1 aromatic heterocycles. The Morgan fingerprint density at radius 2 is 1.61 bits per heavy atom. The first-order valence-electron chi connectivity index (χ1n) is 9.90. The zero-order valence-corrected chi connectivity index (χ0v) is 18.5. The quantitative estimate of drug-likeness (QED) is 0.408. The van der Waals surface area contributed by atoms with Crippen LogP contribution in [0.4, 0.5) is 5.69 Å². The molecule has 0 atom stereocenters. The van der Waals surface area contributed by atoms with Gasteiger partial charge >= 0.3 is 0 Å². The van der Waals surface area contributed by atoms with Gasteiger partial charge < -0.3 is 14.5 Å². The highest BCUT2D eigenvalue weighted by atomic mass is 35.5. The van der Waals surface area contributed by atoms with Crippen molar-refractivity contribution in [2.24, 2.45) is 0 Å². The van der Waals surface area contributed by atoms with Crippen molar-refractivity contribution in [2.45, 2.75) is 27.7 Å². The number of anilines is 1. The lowest BCUT2D eigenvalue weighted by atomic mass is 10.1. The summed E-state index contributed by atoms with van der Waals surface area (Å²) in [6, 6.07) is 12.3. The highest BCUT2D eigenvalue weighted by Gasteiger charge is 2.12. The topological polar surface area (TPSA) is 68.5 Å². The van der Waals surface area contributed by atoms with Gasteiger partial charge in [-0.1, -0.05) is 29.3 Å². The average Bonchev–Trinajstić information content (AvgIpc) is 2.69. The molecule has 3 aromatic carbocycles. The number of amides is 1. The van der Waals surface area contributed by atoms with Crippen molar-refractivity contribution in [3.05, 3.63) is 80.0 Å². The maximum absolute atomic E-state index is 12.8. The number of carbonyl (C=O) groups is 1. The minimum atomic E-state index is -0.301. The SMILES string of the molecule is Cc1cc(C)c(OCC(=O)Nc2ccc3c(=O)c4cc(Cl)c(C)cc4oc3c2)c(C)c1. The summed E-state index contributed by atoms with van der Waals surface area (Å²) in [7, 11) is 0. The molecule has 0 unspecified atom stereocenters. The summed E-state index contributed by atoms with van der Waals surface area (Å²) in [5.74, 6) is 0.412. The normalized spacial score (nSPS) is 11.1. The second-order valence-electron chi connectivity index (χ2n) is 7.80. The third-order valence-corrected chi connectivity index (χ3v) is 5.59. The van der Waals surface area contributed by atoms with Crippen LogP contribution in [0.3, 0.4) is 0 Å². The first kappa shape index (κ1) is 20.9. The molecule has 0 aliphatic carbocycles. The second-order valence-corrected chi connectivity index (χ2v) is 8.21. The summed E-state index contributed by atoms with van der Waals surface area (Å²) in [5.41, 5.74) is 5.14. The third-order valence-electron chi connectivity index (χ3n) is 5.19. The van der Waals surface area contributed by atoms with Gasteiger partial charge in [-0.3, -0.25) is 9.59 Å². The van der Waals surface area contributed by atoms with E-state index in [9.17, 15) is 9.59 Å². The molecule has 0 saturated carbocycles. The van der Waals surface area contributed by atoms with Gasteiger partial charge in [-0.25, -0.2) is 0 Å². The zero-order valence-electron chi connectivity index (χ0n) is 17.8. The Labute approximate surface area is 184 Å². The molecule has 0 fully saturated rings. The summed E-state index contributed by atoms with van der Waals surface area (Å²) < 4.78 is 11.7. The van der Waals surface area contributed by atoms with Gasteiger partial charge in [-0.2, -0.15) is 0 Å². The first-order valence-corrected chi connectivity index (χ1v) is 10.3. The molecular weight excluding hydrogens is 414 g/mol. The molecule has 5 nitrogen and oxygen atoms in total. The maximum Gasteiger partial charge on any atom is 0.262 e. The maximum atomic E-state index is 12.8. The van der Waals surface area contributed by atoms with E-state index in [-0.39, 0.29) is 17.9 Å². The number of fused-ring (bicyclic) bond motifs is 2. The molecule has 31 heavy (non-hydrogen) atoms. The monoisotopic (exact) mass is 435 g/mol. The van der Waals surface area contributed by atoms with E-state index in [2.05, 4.69) is 5.32 Å². The van der Waals surface area contributed by atoms with Gasteiger partial charge in [-0.15, -0.1) is 0 Å². The number of halogens is 1. The fourth-order valence-corrected chi connectivity index (χ4v) is 3.95. The highest BCUT2D eigenvalue weighted by molar-refractivity contribution is 6.32. The molecular formula is C25H22ClNO4. The minimum Gasteiger partial charge on any atom is -0.483 e. The van der Waals surface area contributed by atoms with Crippen LogP contribution in [-0.4, -0.2) is 12.5 Å². The van der Waals surface area contributed by atoms with Crippen LogP contribution in [0.1, 0.15) is 22.3 Å². The number of nitrogens with one attached hydrogen (secondary N) is 1. The molecule has 4 aromatic rings. The molecule has 1 amide bonds. The molecule has 1 heterocycles. The Bertz CT molecular complexity index is 1380. The molecule has 6 heteroatoms. The number of hydrogen-bond acceptors (Lipinski definition) is 4. The van der Waals surface area contributed by atoms with Crippen molar-refractivity contribution >= 4 is 45.1 Å². The van der Waals surface area contributed by atoms with E-state index in [4.69, 9.17) is 20.8 Å². The summed E-state index contributed by atoms with van der Waals surface area (Å²) in [4.78, 5) is 25.2. The number of carbonyl (C=O) groups excluding carboxylic acids is 1. The van der Waals surface area contributed by atoms with Crippen molar-refractivity contribution in [2.75, 3.05) is 11.9 Å². The highest BCUT2D eigenvalue weighted by Crippen LogP contribution is 2.27. The predicted molar refractivity (Wildman–Crippen MR) is 125 cm³/mol. The van der Waals surface area contributed by atoms with E-state index in [0.717, 1.165) is 22.3 Å². The fourth-order valence-electron chi connectivity index (χ4n) is 3.78. The number of aryl methyl sites for hydroxylation is 4. The van der Waals surface area contributed by atoms with E-state index in [1.165, 1.54) is 0 Å². The van der Waals surface area contributed by atoms with Crippen LogP contribution < -0.4 is 15.5 Å². The minimum absolute atomic E-state index is 0.123. The van der Waals surface area contributed by atoms with Crippen LogP contribution >= 0.6 is 11.6 Å². The van der Waals surface area contributed by atoms with Gasteiger partial charge in [0.05, 0.1) is 10.8 Å². The van der Waals surface area contributed by atoms with E-state index in [0.29, 0.717) is 38.4 Å². The van der Waals surface area contributed by atoms with E-state index >= 15 is 0 Å². The molecule has 0 bridgehead atoms. The zero-order chi connectivity index (χ0) is 22.3. The van der Waals surface area contributed by atoms with Crippen molar-refractivity contribution in [3.8, 4) is 5.75 Å². The number of rotatable bonds is 4. The summed E-state index contributed by atoms with van der Waals surface area (Å²) in [5, 5.41) is 4.16. The van der Waals surface area contributed by atoms with Crippen LogP contribution in [0.2, 0.25) is 5.02 Å². The lowest BCUT2D eigenvalue weighted by molar-refractivity contribution is -0.118. The fraction of sp³-hybridized carbons (Fsp3) is 0.200. The van der Waals surface area contributed by atoms with Crippen LogP contribution in [0, 0.1) is 27.7 Å². The Morgan fingerprint density at radius 3 is 2.32 bits per heavy atom. The van der Waals surface area contributed by atoms with Crippen molar-refractivity contribution in [3.63, 3.8) is 0 Å². The Hall–Kier alpha value is -3.31. The van der Waals surface area contributed by atoms with Crippen LogP contribution in [-0.2, 0) is 4.79 Å². The van der Waals surface area contributed by atoms with Gasteiger partial charge in [0.1, 0.15) is 16.9 Å². The van der Waals surface area contributed by atoms with Crippen LogP contribution in [0.5, 0.6) is 5.75 Å². The van der Waals surface area contributed by atoms with Crippen molar-refractivity contribution in [1.29, 1.82) is 0 Å². The Balaban J connectivity index is 1.57. The molecule has 0 radical (unpaired) electrons. The van der Waals surface area contributed by atoms with Crippen LogP contribution in [0.25, 0.3) is 21.9 Å². The van der Waals surface area contributed by atoms with Gasteiger partial charge in [0.2, 0.25) is 5.43 Å². The average molecular weight is 436 g/mol. The molecule has 0 aliphatic heterocycles. The predicted octanol–water partition coefficient (Wildman–Crippen LogP) is 5.85. The molecule has 0 aliphatic rings. The van der Waals surface area contributed by atoms with Gasteiger partial charge in [0, 0.05) is 16.8 Å².